The third-order valence-electron chi connectivity index (χ3n) is 6.35. The molecule has 1 aromatic heterocycles. The molecule has 11 nitrogen and oxygen atoms in total. The van der Waals surface area contributed by atoms with E-state index in [1.54, 1.807) is 13.0 Å². The van der Waals surface area contributed by atoms with Crippen LogP contribution in [0.3, 0.4) is 0 Å². The molecule has 1 atom stereocenters. The summed E-state index contributed by atoms with van der Waals surface area (Å²) in [4.78, 5) is 26.7. The first-order chi connectivity index (χ1) is 18.8. The maximum Gasteiger partial charge on any atom is 0.417 e. The Morgan fingerprint density at radius 2 is 1.63 bits per heavy atom. The van der Waals surface area contributed by atoms with E-state index in [9.17, 15) is 36.3 Å². The number of amidine groups is 1. The van der Waals surface area contributed by atoms with Crippen LogP contribution in [0.25, 0.3) is 0 Å². The van der Waals surface area contributed by atoms with Crippen LogP contribution < -0.4 is 10.6 Å². The van der Waals surface area contributed by atoms with Crippen molar-refractivity contribution in [2.24, 2.45) is 10.3 Å². The van der Waals surface area contributed by atoms with Gasteiger partial charge in [0.2, 0.25) is 0 Å². The zero-order valence-corrected chi connectivity index (χ0v) is 24.6. The van der Waals surface area contributed by atoms with Crippen molar-refractivity contribution in [2.45, 2.75) is 39.9 Å². The van der Waals surface area contributed by atoms with Gasteiger partial charge in [0.25, 0.3) is 21.8 Å². The summed E-state index contributed by atoms with van der Waals surface area (Å²) < 4.78 is 77.1. The molecule has 0 spiro atoms. The topological polar surface area (TPSA) is 145 Å². The first kappa shape index (κ1) is 31.5. The van der Waals surface area contributed by atoms with E-state index in [0.29, 0.717) is 17.6 Å². The summed E-state index contributed by atoms with van der Waals surface area (Å²) >= 11 is 0. The lowest BCUT2D eigenvalue weighted by atomic mass is 10.0. The third kappa shape index (κ3) is 6.19. The van der Waals surface area contributed by atoms with Crippen LogP contribution in [0.1, 0.15) is 52.9 Å². The van der Waals surface area contributed by atoms with Crippen LogP contribution in [-0.4, -0.2) is 69.2 Å². The highest BCUT2D eigenvalue weighted by Crippen LogP contribution is 2.41. The number of rotatable bonds is 7. The summed E-state index contributed by atoms with van der Waals surface area (Å²) in [5.74, 6) is -2.65. The lowest BCUT2D eigenvalue weighted by Crippen LogP contribution is -2.35. The molecule has 3 N–H and O–H groups in total. The van der Waals surface area contributed by atoms with Crippen LogP contribution in [0.4, 0.5) is 18.9 Å². The quantitative estimate of drug-likeness (QED) is 0.408. The summed E-state index contributed by atoms with van der Waals surface area (Å²) in [6.07, 6.45) is -4.99. The van der Waals surface area contributed by atoms with Crippen LogP contribution in [-0.2, 0) is 21.0 Å². The molecular weight excluding hydrogens is 567 g/mol. The average Bonchev–Trinajstić information content (AvgIpc) is 3.30. The molecule has 1 aliphatic rings. The Kier molecular flexibility index (Phi) is 8.54. The normalized spacial score (nSPS) is 15.6. The number of aryl methyl sites for hydroxylation is 2. The molecule has 0 saturated carbocycles. The van der Waals surface area contributed by atoms with E-state index in [2.05, 4.69) is 15.0 Å². The number of aromatic hydroxyl groups is 1. The highest BCUT2D eigenvalue weighted by Gasteiger charge is 2.42. The Labute approximate surface area is 235 Å². The molecule has 1 unspecified atom stereocenters. The monoisotopic (exact) mass is 599 g/mol. The van der Waals surface area contributed by atoms with Gasteiger partial charge in [0, 0.05) is 28.2 Å². The molecule has 1 aromatic carbocycles. The second-order valence-electron chi connectivity index (χ2n) is 10.3. The number of carbonyl (C=O) groups excluding carboxylic acids is 2. The lowest BCUT2D eigenvalue weighted by molar-refractivity contribution is -0.138. The van der Waals surface area contributed by atoms with Crippen molar-refractivity contribution in [3.63, 3.8) is 0 Å². The minimum atomic E-state index is -4.99. The molecule has 0 fully saturated rings. The second kappa shape index (κ2) is 11.1. The highest BCUT2D eigenvalue weighted by atomic mass is 32.2. The number of furan rings is 1. The number of amides is 2. The van der Waals surface area contributed by atoms with Crippen molar-refractivity contribution in [3.05, 3.63) is 57.0 Å². The van der Waals surface area contributed by atoms with E-state index in [4.69, 9.17) is 4.42 Å². The minimum Gasteiger partial charge on any atom is -0.505 e. The smallest absolute Gasteiger partial charge is 0.417 e. The molecule has 2 amide bonds. The zero-order chi connectivity index (χ0) is 31.2. The van der Waals surface area contributed by atoms with Gasteiger partial charge in [-0.1, -0.05) is 13.8 Å². The molecule has 3 rings (SSSR count). The van der Waals surface area contributed by atoms with Gasteiger partial charge in [-0.25, -0.2) is 0 Å². The summed E-state index contributed by atoms with van der Waals surface area (Å²) in [5, 5.41) is 16.4. The maximum absolute atomic E-state index is 13.7. The number of benzene rings is 1. The fraction of sp³-hybridized carbons (Fsp3) is 0.423. The molecule has 0 bridgehead atoms. The van der Waals surface area contributed by atoms with Crippen LogP contribution in [0.15, 0.2) is 37.6 Å². The number of phenols is 1. The van der Waals surface area contributed by atoms with Gasteiger partial charge in [0.15, 0.2) is 16.5 Å². The number of nitrogens with one attached hydrogen (secondary N) is 2. The van der Waals surface area contributed by atoms with Gasteiger partial charge < -0.3 is 30.0 Å². The molecule has 41 heavy (non-hydrogen) atoms. The molecule has 1 aliphatic heterocycles. The first-order valence-electron chi connectivity index (χ1n) is 12.3. The number of carbonyl (C=O) groups is 2. The van der Waals surface area contributed by atoms with Crippen molar-refractivity contribution in [1.82, 2.24) is 15.1 Å². The summed E-state index contributed by atoms with van der Waals surface area (Å²) in [6.45, 7) is 7.25. The van der Waals surface area contributed by atoms with Gasteiger partial charge in [-0.05, 0) is 43.5 Å². The number of likely N-dealkylation sites (N-methyl/N-ethyl adjacent to an activating group) is 1. The summed E-state index contributed by atoms with van der Waals surface area (Å²) in [7, 11) is 0.428. The number of nitrogens with zero attached hydrogens (tertiary/aromatic N) is 3. The Hall–Kier alpha value is -4.01. The van der Waals surface area contributed by atoms with Gasteiger partial charge in [-0.2, -0.15) is 21.6 Å². The molecule has 0 aliphatic carbocycles. The minimum absolute atomic E-state index is 0.191. The third-order valence-corrected chi connectivity index (χ3v) is 7.66. The van der Waals surface area contributed by atoms with Gasteiger partial charge in [0.1, 0.15) is 17.2 Å². The predicted octanol–water partition coefficient (Wildman–Crippen LogP) is 3.76. The van der Waals surface area contributed by atoms with E-state index < -0.39 is 67.2 Å². The van der Waals surface area contributed by atoms with Crippen LogP contribution in [0, 0.1) is 19.8 Å². The highest BCUT2D eigenvalue weighted by molar-refractivity contribution is 7.95. The van der Waals surface area contributed by atoms with Gasteiger partial charge >= 0.3 is 6.18 Å². The van der Waals surface area contributed by atoms with E-state index in [1.165, 1.54) is 28.2 Å². The average molecular weight is 600 g/mol. The molecule has 2 heterocycles. The van der Waals surface area contributed by atoms with Gasteiger partial charge in [0.05, 0.1) is 22.9 Å². The Morgan fingerprint density at radius 3 is 2.10 bits per heavy atom. The van der Waals surface area contributed by atoms with E-state index in [1.807, 2.05) is 20.8 Å². The Morgan fingerprint density at radius 1 is 1.05 bits per heavy atom. The summed E-state index contributed by atoms with van der Waals surface area (Å²) in [6, 6.07) is 2.53. The first-order valence-corrected chi connectivity index (χ1v) is 13.8. The van der Waals surface area contributed by atoms with Gasteiger partial charge in [-0.3, -0.25) is 9.59 Å². The summed E-state index contributed by atoms with van der Waals surface area (Å²) in [5.41, 5.74) is -2.49. The Balaban J connectivity index is 2.23. The van der Waals surface area contributed by atoms with Crippen LogP contribution in [0.5, 0.6) is 5.75 Å². The number of alkyl halides is 3. The van der Waals surface area contributed by atoms with Crippen molar-refractivity contribution in [3.8, 4) is 5.75 Å². The van der Waals surface area contributed by atoms with Crippen LogP contribution >= 0.6 is 0 Å². The van der Waals surface area contributed by atoms with E-state index >= 15 is 0 Å². The SMILES string of the molecule is Cc1cc(C(NC2=NS(=O)(=O)C(C(=O)N(C)C)=C2Nc2ccc(C(F)(F)F)c(C(=O)N(C)C)c2O)C(C)C)oc1C. The molecule has 224 valence electrons. The molecule has 0 saturated heterocycles. The number of sulfonamides is 1. The number of anilines is 1. The second-order valence-corrected chi connectivity index (χ2v) is 11.8. The molecular formula is C26H32F3N5O6S. The fourth-order valence-corrected chi connectivity index (χ4v) is 5.34. The molecule has 0 radical (unpaired) electrons. The number of phenolic OH excluding ortho intramolecular Hbond substituents is 1. The fourth-order valence-electron chi connectivity index (χ4n) is 4.05. The van der Waals surface area contributed by atoms with Crippen molar-refractivity contribution < 1.29 is 40.7 Å². The van der Waals surface area contributed by atoms with Crippen molar-refractivity contribution in [2.75, 3.05) is 33.5 Å². The van der Waals surface area contributed by atoms with E-state index in [0.717, 1.165) is 21.4 Å². The van der Waals surface area contributed by atoms with Crippen LogP contribution in [0.2, 0.25) is 0 Å². The standard InChI is InChI=1S/C26H32F3N5O6S/c1-12(2)19(17-11-13(3)14(4)40-17)31-23-20(22(25(37)34(7)8)41(38,39)32-23)30-16-10-9-15(26(27,28)29)18(21(16)35)24(36)33(5)6/h9-12,19,30,35H,1-8H3,(H,31,32). The number of hydrogen-bond acceptors (Lipinski definition) is 8. The van der Waals surface area contributed by atoms with E-state index in [-0.39, 0.29) is 11.8 Å². The molecule has 15 heteroatoms. The zero-order valence-electron chi connectivity index (χ0n) is 23.8. The number of halogens is 3. The lowest BCUT2D eigenvalue weighted by Gasteiger charge is -2.24. The largest absolute Gasteiger partial charge is 0.505 e. The maximum atomic E-state index is 13.7. The molecule has 2 aromatic rings. The Bertz CT molecular complexity index is 1540. The van der Waals surface area contributed by atoms with Gasteiger partial charge in [-0.15, -0.1) is 4.40 Å². The van der Waals surface area contributed by atoms with Crippen molar-refractivity contribution >= 4 is 33.4 Å². The number of hydrogen-bond donors (Lipinski definition) is 3. The predicted molar refractivity (Wildman–Crippen MR) is 146 cm³/mol. The van der Waals surface area contributed by atoms with Crippen molar-refractivity contribution in [1.29, 1.82) is 0 Å².